The zero-order chi connectivity index (χ0) is 19.0. The minimum atomic E-state index is -0.0423. The molecule has 0 saturated heterocycles. The highest BCUT2D eigenvalue weighted by Gasteiger charge is 2.18. The van der Waals surface area contributed by atoms with Crippen LogP contribution in [0.2, 0.25) is 5.02 Å². The molecule has 142 valence electrons. The molecule has 0 saturated carbocycles. The van der Waals surface area contributed by atoms with Crippen LogP contribution < -0.4 is 10.6 Å². The third-order valence-corrected chi connectivity index (χ3v) is 4.11. The van der Waals surface area contributed by atoms with Gasteiger partial charge in [-0.2, -0.15) is 0 Å². The smallest absolute Gasteiger partial charge is 0.216 e. The number of hydrogen-bond donors (Lipinski definition) is 2. The maximum atomic E-state index is 5.91. The van der Waals surface area contributed by atoms with Crippen molar-refractivity contribution in [3.8, 4) is 0 Å². The van der Waals surface area contributed by atoms with E-state index in [0.29, 0.717) is 12.4 Å². The Hall–Kier alpha value is -2.01. The van der Waals surface area contributed by atoms with Crippen molar-refractivity contribution in [1.29, 1.82) is 0 Å². The number of rotatable bonds is 7. The molecule has 0 bridgehead atoms. The summed E-state index contributed by atoms with van der Waals surface area (Å²) in [6.45, 7) is 10.4. The topological polar surface area (TPSA) is 62.5 Å². The second-order valence-electron chi connectivity index (χ2n) is 7.22. The molecule has 1 aromatic carbocycles. The van der Waals surface area contributed by atoms with Crippen molar-refractivity contribution in [2.24, 2.45) is 4.99 Å². The van der Waals surface area contributed by atoms with Gasteiger partial charge in [0.15, 0.2) is 5.96 Å². The molecule has 0 unspecified atom stereocenters. The zero-order valence-corrected chi connectivity index (χ0v) is 16.9. The lowest BCUT2D eigenvalue weighted by Gasteiger charge is -2.13. The highest BCUT2D eigenvalue weighted by atomic mass is 35.5. The molecule has 0 atom stereocenters. The summed E-state index contributed by atoms with van der Waals surface area (Å²) in [5, 5.41) is 7.37. The molecule has 0 fully saturated rings. The maximum absolute atomic E-state index is 5.91. The van der Waals surface area contributed by atoms with Crippen molar-refractivity contribution in [3.05, 3.63) is 52.7 Å². The van der Waals surface area contributed by atoms with Gasteiger partial charge in [-0.05, 0) is 37.5 Å². The third-order valence-electron chi connectivity index (χ3n) is 3.86. The summed E-state index contributed by atoms with van der Waals surface area (Å²) >= 11 is 5.91. The number of halogens is 1. The Kier molecular flexibility index (Phi) is 7.51. The van der Waals surface area contributed by atoms with Crippen LogP contribution in [0.25, 0.3) is 0 Å². The van der Waals surface area contributed by atoms with Gasteiger partial charge in [-0.15, -0.1) is 0 Å². The van der Waals surface area contributed by atoms with E-state index in [9.17, 15) is 0 Å². The molecular formula is C20H29ClN4O. The Morgan fingerprint density at radius 1 is 1.19 bits per heavy atom. The number of nitrogens with one attached hydrogen (secondary N) is 2. The Bertz CT molecular complexity index is 701. The van der Waals surface area contributed by atoms with Crippen LogP contribution in [0.15, 0.2) is 39.9 Å². The number of aromatic nitrogens is 1. The largest absolute Gasteiger partial charge is 0.443 e. The average Bonchev–Trinajstić information content (AvgIpc) is 3.07. The molecule has 5 nitrogen and oxygen atoms in total. The van der Waals surface area contributed by atoms with Gasteiger partial charge in [0, 0.05) is 23.5 Å². The van der Waals surface area contributed by atoms with E-state index in [4.69, 9.17) is 16.0 Å². The molecule has 2 aromatic rings. The molecule has 0 aliphatic carbocycles. The molecule has 0 amide bonds. The van der Waals surface area contributed by atoms with Gasteiger partial charge in [-0.3, -0.25) is 0 Å². The molecule has 2 rings (SSSR count). The lowest BCUT2D eigenvalue weighted by atomic mass is 9.94. The summed E-state index contributed by atoms with van der Waals surface area (Å²) in [7, 11) is 0. The summed E-state index contributed by atoms with van der Waals surface area (Å²) in [6, 6.07) is 7.99. The summed E-state index contributed by atoms with van der Waals surface area (Å²) in [4.78, 5) is 8.87. The second-order valence-corrected chi connectivity index (χ2v) is 7.66. The van der Waals surface area contributed by atoms with Gasteiger partial charge < -0.3 is 15.1 Å². The summed E-state index contributed by atoms with van der Waals surface area (Å²) < 4.78 is 5.79. The highest BCUT2D eigenvalue weighted by molar-refractivity contribution is 6.30. The van der Waals surface area contributed by atoms with Crippen molar-refractivity contribution in [2.75, 3.05) is 13.1 Å². The SMILES string of the molecule is CCNC(=NCc1ncc(C(C)(C)C)o1)NCCCc1ccc(Cl)cc1. The number of guanidine groups is 1. The van der Waals surface area contributed by atoms with Crippen molar-refractivity contribution in [1.82, 2.24) is 15.6 Å². The molecule has 0 aliphatic rings. The summed E-state index contributed by atoms with van der Waals surface area (Å²) in [6.07, 6.45) is 3.80. The number of nitrogens with zero attached hydrogens (tertiary/aromatic N) is 2. The normalized spacial score (nSPS) is 12.3. The van der Waals surface area contributed by atoms with Crippen LogP contribution in [0.5, 0.6) is 0 Å². The Labute approximate surface area is 161 Å². The van der Waals surface area contributed by atoms with E-state index < -0.39 is 0 Å². The predicted octanol–water partition coefficient (Wildman–Crippen LogP) is 4.31. The number of aliphatic imine (C=N–C) groups is 1. The van der Waals surface area contributed by atoms with Crippen LogP contribution in [0.1, 0.15) is 51.3 Å². The molecule has 1 heterocycles. The predicted molar refractivity (Wildman–Crippen MR) is 108 cm³/mol. The van der Waals surface area contributed by atoms with E-state index in [1.54, 1.807) is 6.20 Å². The van der Waals surface area contributed by atoms with Crippen molar-refractivity contribution in [3.63, 3.8) is 0 Å². The monoisotopic (exact) mass is 376 g/mol. The van der Waals surface area contributed by atoms with Crippen LogP contribution in [-0.2, 0) is 18.4 Å². The van der Waals surface area contributed by atoms with E-state index in [2.05, 4.69) is 53.5 Å². The Morgan fingerprint density at radius 2 is 1.92 bits per heavy atom. The second kappa shape index (κ2) is 9.62. The van der Waals surface area contributed by atoms with Crippen LogP contribution >= 0.6 is 11.6 Å². The first-order valence-electron chi connectivity index (χ1n) is 9.10. The summed E-state index contributed by atoms with van der Waals surface area (Å²) in [5.74, 6) is 2.29. The van der Waals surface area contributed by atoms with Crippen molar-refractivity contribution in [2.45, 2.75) is 52.5 Å². The number of oxazole rings is 1. The van der Waals surface area contributed by atoms with E-state index in [1.807, 2.05) is 19.1 Å². The third kappa shape index (κ3) is 6.71. The molecule has 2 N–H and O–H groups in total. The summed E-state index contributed by atoms with van der Waals surface area (Å²) in [5.41, 5.74) is 1.24. The quantitative estimate of drug-likeness (QED) is 0.429. The van der Waals surface area contributed by atoms with Gasteiger partial charge >= 0.3 is 0 Å². The van der Waals surface area contributed by atoms with Crippen LogP contribution in [0.4, 0.5) is 0 Å². The minimum absolute atomic E-state index is 0.0423. The van der Waals surface area contributed by atoms with Gasteiger partial charge in [-0.25, -0.2) is 9.98 Å². The van der Waals surface area contributed by atoms with Crippen LogP contribution in [0, 0.1) is 0 Å². The van der Waals surface area contributed by atoms with E-state index in [1.165, 1.54) is 5.56 Å². The molecule has 0 spiro atoms. The van der Waals surface area contributed by atoms with Gasteiger partial charge in [0.1, 0.15) is 12.3 Å². The lowest BCUT2D eigenvalue weighted by Crippen LogP contribution is -2.37. The van der Waals surface area contributed by atoms with Gasteiger partial charge in [-0.1, -0.05) is 44.5 Å². The van der Waals surface area contributed by atoms with Crippen LogP contribution in [0.3, 0.4) is 0 Å². The fourth-order valence-corrected chi connectivity index (χ4v) is 2.49. The standard InChI is InChI=1S/C20H29ClN4O/c1-5-22-19(23-12-6-7-15-8-10-16(21)11-9-15)25-14-18-24-13-17(26-18)20(2,3)4/h8-11,13H,5-7,12,14H2,1-4H3,(H2,22,23,25). The zero-order valence-electron chi connectivity index (χ0n) is 16.1. The van der Waals surface area contributed by atoms with Crippen LogP contribution in [-0.4, -0.2) is 24.0 Å². The molecule has 6 heteroatoms. The first-order chi connectivity index (χ1) is 12.4. The molecular weight excluding hydrogens is 348 g/mol. The lowest BCUT2D eigenvalue weighted by molar-refractivity contribution is 0.383. The highest BCUT2D eigenvalue weighted by Crippen LogP contribution is 2.22. The van der Waals surface area contributed by atoms with E-state index in [0.717, 1.165) is 42.7 Å². The Morgan fingerprint density at radius 3 is 2.54 bits per heavy atom. The minimum Gasteiger partial charge on any atom is -0.443 e. The van der Waals surface area contributed by atoms with E-state index in [-0.39, 0.29) is 5.41 Å². The first-order valence-corrected chi connectivity index (χ1v) is 9.48. The number of aryl methyl sites for hydroxylation is 1. The van der Waals surface area contributed by atoms with Gasteiger partial charge in [0.25, 0.3) is 0 Å². The number of benzene rings is 1. The molecule has 0 aliphatic heterocycles. The van der Waals surface area contributed by atoms with Crippen molar-refractivity contribution >= 4 is 17.6 Å². The maximum Gasteiger partial charge on any atom is 0.216 e. The fourth-order valence-electron chi connectivity index (χ4n) is 2.37. The van der Waals surface area contributed by atoms with E-state index >= 15 is 0 Å². The molecule has 26 heavy (non-hydrogen) atoms. The molecule has 0 radical (unpaired) electrons. The van der Waals surface area contributed by atoms with Gasteiger partial charge in [0.2, 0.25) is 5.89 Å². The Balaban J connectivity index is 1.82. The average molecular weight is 377 g/mol. The number of hydrogen-bond acceptors (Lipinski definition) is 3. The van der Waals surface area contributed by atoms with Crippen molar-refractivity contribution < 1.29 is 4.42 Å². The fraction of sp³-hybridized carbons (Fsp3) is 0.500. The molecule has 1 aromatic heterocycles. The first kappa shape index (κ1) is 20.3. The van der Waals surface area contributed by atoms with Gasteiger partial charge in [0.05, 0.1) is 6.20 Å².